The third-order valence-corrected chi connectivity index (χ3v) is 2.55. The van der Waals surface area contributed by atoms with Gasteiger partial charge in [0.1, 0.15) is 11.9 Å². The van der Waals surface area contributed by atoms with E-state index < -0.39 is 6.10 Å². The Morgan fingerprint density at radius 2 is 2.18 bits per heavy atom. The van der Waals surface area contributed by atoms with Crippen LogP contribution in [0.1, 0.15) is 17.2 Å². The first-order valence-electron chi connectivity index (χ1n) is 5.24. The minimum Gasteiger partial charge on any atom is -0.496 e. The van der Waals surface area contributed by atoms with Crippen LogP contribution >= 0.6 is 0 Å². The Kier molecular flexibility index (Phi) is 3.25. The summed E-state index contributed by atoms with van der Waals surface area (Å²) in [6.07, 6.45) is 2.52. The second kappa shape index (κ2) is 4.84. The highest BCUT2D eigenvalue weighted by atomic mass is 16.5. The van der Waals surface area contributed by atoms with Gasteiger partial charge in [-0.1, -0.05) is 12.1 Å². The molecule has 0 saturated heterocycles. The van der Waals surface area contributed by atoms with Gasteiger partial charge in [-0.05, 0) is 12.1 Å². The topological polar surface area (TPSA) is 68.4 Å². The van der Waals surface area contributed by atoms with Gasteiger partial charge in [-0.2, -0.15) is 0 Å². The molecule has 4 nitrogen and oxygen atoms in total. The number of rotatable bonds is 3. The molecule has 4 heteroatoms. The highest BCUT2D eigenvalue weighted by molar-refractivity contribution is 5.50. The van der Waals surface area contributed by atoms with Gasteiger partial charge >= 0.3 is 0 Å². The zero-order chi connectivity index (χ0) is 12.3. The summed E-state index contributed by atoms with van der Waals surface area (Å²) in [5.41, 5.74) is 7.66. The van der Waals surface area contributed by atoms with Gasteiger partial charge in [0.25, 0.3) is 0 Å². The lowest BCUT2D eigenvalue weighted by Crippen LogP contribution is -2.03. The van der Waals surface area contributed by atoms with Crippen molar-refractivity contribution in [2.75, 3.05) is 12.8 Å². The minimum absolute atomic E-state index is 0.571. The second-order valence-electron chi connectivity index (χ2n) is 3.69. The molecule has 0 aliphatic rings. The molecule has 1 unspecified atom stereocenters. The van der Waals surface area contributed by atoms with Crippen molar-refractivity contribution < 1.29 is 9.84 Å². The van der Waals surface area contributed by atoms with E-state index in [1.54, 1.807) is 43.8 Å². The molecule has 1 heterocycles. The number of nitrogens with two attached hydrogens (primary N) is 1. The average Bonchev–Trinajstić information content (AvgIpc) is 2.39. The molecular weight excluding hydrogens is 216 g/mol. The Hall–Kier alpha value is -2.07. The molecule has 0 aliphatic heterocycles. The molecule has 1 aromatic heterocycles. The van der Waals surface area contributed by atoms with Crippen LogP contribution in [0.4, 0.5) is 5.69 Å². The van der Waals surface area contributed by atoms with E-state index >= 15 is 0 Å². The number of methoxy groups -OCH3 is 1. The number of nitrogen functional groups attached to an aromatic ring is 1. The van der Waals surface area contributed by atoms with Crippen LogP contribution in [0.25, 0.3) is 0 Å². The highest BCUT2D eigenvalue weighted by Crippen LogP contribution is 2.30. The number of aliphatic hydroxyl groups excluding tert-OH is 1. The van der Waals surface area contributed by atoms with E-state index in [1.165, 1.54) is 0 Å². The van der Waals surface area contributed by atoms with E-state index in [0.29, 0.717) is 17.0 Å². The Bertz CT molecular complexity index is 500. The third kappa shape index (κ3) is 2.37. The maximum absolute atomic E-state index is 10.2. The van der Waals surface area contributed by atoms with Crippen molar-refractivity contribution in [1.29, 1.82) is 0 Å². The number of benzene rings is 1. The van der Waals surface area contributed by atoms with Gasteiger partial charge in [-0.15, -0.1) is 0 Å². The van der Waals surface area contributed by atoms with Crippen molar-refractivity contribution in [2.24, 2.45) is 0 Å². The molecule has 1 aromatic carbocycles. The van der Waals surface area contributed by atoms with Crippen LogP contribution < -0.4 is 10.5 Å². The number of nitrogens with zero attached hydrogens (tertiary/aromatic N) is 1. The summed E-state index contributed by atoms with van der Waals surface area (Å²) in [4.78, 5) is 3.98. The van der Waals surface area contributed by atoms with E-state index in [4.69, 9.17) is 10.5 Å². The number of anilines is 1. The summed E-state index contributed by atoms with van der Waals surface area (Å²) >= 11 is 0. The lowest BCUT2D eigenvalue weighted by molar-refractivity contribution is 0.214. The fourth-order valence-electron chi connectivity index (χ4n) is 1.67. The Morgan fingerprint density at radius 3 is 2.82 bits per heavy atom. The van der Waals surface area contributed by atoms with Crippen molar-refractivity contribution in [3.63, 3.8) is 0 Å². The van der Waals surface area contributed by atoms with Gasteiger partial charge in [0, 0.05) is 35.3 Å². The summed E-state index contributed by atoms with van der Waals surface area (Å²) in [6, 6.07) is 8.77. The molecule has 2 aromatic rings. The van der Waals surface area contributed by atoms with E-state index in [-0.39, 0.29) is 0 Å². The first-order valence-corrected chi connectivity index (χ1v) is 5.24. The van der Waals surface area contributed by atoms with Crippen LogP contribution in [0.2, 0.25) is 0 Å². The zero-order valence-corrected chi connectivity index (χ0v) is 9.50. The molecule has 0 fully saturated rings. The molecule has 88 valence electrons. The fraction of sp³-hybridized carbons (Fsp3) is 0.154. The smallest absolute Gasteiger partial charge is 0.127 e. The molecule has 0 saturated carbocycles. The lowest BCUT2D eigenvalue weighted by Gasteiger charge is -2.15. The minimum atomic E-state index is -0.765. The predicted octanol–water partition coefficient (Wildman–Crippen LogP) is 1.75. The van der Waals surface area contributed by atoms with E-state index in [0.717, 1.165) is 5.56 Å². The van der Waals surface area contributed by atoms with E-state index in [9.17, 15) is 5.11 Å². The van der Waals surface area contributed by atoms with Gasteiger partial charge in [0.15, 0.2) is 0 Å². The number of aromatic nitrogens is 1. The van der Waals surface area contributed by atoms with Crippen LogP contribution in [0, 0.1) is 0 Å². The first-order chi connectivity index (χ1) is 8.22. The molecule has 0 bridgehead atoms. The number of aliphatic hydroxyl groups is 1. The highest BCUT2D eigenvalue weighted by Gasteiger charge is 2.15. The van der Waals surface area contributed by atoms with Crippen LogP contribution in [0.15, 0.2) is 42.7 Å². The monoisotopic (exact) mass is 230 g/mol. The van der Waals surface area contributed by atoms with Crippen LogP contribution in [0.3, 0.4) is 0 Å². The van der Waals surface area contributed by atoms with E-state index in [1.807, 2.05) is 6.07 Å². The van der Waals surface area contributed by atoms with Crippen molar-refractivity contribution in [3.8, 4) is 5.75 Å². The molecule has 0 amide bonds. The SMILES string of the molecule is COc1cc(N)ccc1C(O)c1cccnc1. The quantitative estimate of drug-likeness (QED) is 0.788. The summed E-state index contributed by atoms with van der Waals surface area (Å²) in [7, 11) is 1.55. The summed E-state index contributed by atoms with van der Waals surface area (Å²) in [5.74, 6) is 0.571. The average molecular weight is 230 g/mol. The second-order valence-corrected chi connectivity index (χ2v) is 3.69. The van der Waals surface area contributed by atoms with Gasteiger partial charge in [0.05, 0.1) is 7.11 Å². The predicted molar refractivity (Wildman–Crippen MR) is 65.7 cm³/mol. The van der Waals surface area contributed by atoms with Crippen molar-refractivity contribution >= 4 is 5.69 Å². The molecule has 3 N–H and O–H groups in total. The zero-order valence-electron chi connectivity index (χ0n) is 9.50. The molecule has 1 atom stereocenters. The largest absolute Gasteiger partial charge is 0.496 e. The van der Waals surface area contributed by atoms with E-state index in [2.05, 4.69) is 4.98 Å². The van der Waals surface area contributed by atoms with Crippen LogP contribution in [-0.4, -0.2) is 17.2 Å². The Morgan fingerprint density at radius 1 is 1.35 bits per heavy atom. The number of ether oxygens (including phenoxy) is 1. The fourth-order valence-corrected chi connectivity index (χ4v) is 1.67. The van der Waals surface area contributed by atoms with Crippen molar-refractivity contribution in [2.45, 2.75) is 6.10 Å². The standard InChI is InChI=1S/C13H14N2O2/c1-17-12-7-10(14)4-5-11(12)13(16)9-3-2-6-15-8-9/h2-8,13,16H,14H2,1H3. The van der Waals surface area contributed by atoms with Gasteiger partial charge in [-0.25, -0.2) is 0 Å². The molecular formula is C13H14N2O2. The van der Waals surface area contributed by atoms with Gasteiger partial charge < -0.3 is 15.6 Å². The normalized spacial score (nSPS) is 12.1. The third-order valence-electron chi connectivity index (χ3n) is 2.55. The van der Waals surface area contributed by atoms with Gasteiger partial charge in [0.2, 0.25) is 0 Å². The summed E-state index contributed by atoms with van der Waals surface area (Å²) < 4.78 is 5.21. The molecule has 2 rings (SSSR count). The molecule has 17 heavy (non-hydrogen) atoms. The number of hydrogen-bond donors (Lipinski definition) is 2. The summed E-state index contributed by atoms with van der Waals surface area (Å²) in [6.45, 7) is 0. The van der Waals surface area contributed by atoms with Crippen LogP contribution in [-0.2, 0) is 0 Å². The van der Waals surface area contributed by atoms with Crippen molar-refractivity contribution in [3.05, 3.63) is 53.9 Å². The maximum Gasteiger partial charge on any atom is 0.127 e. The maximum atomic E-state index is 10.2. The number of pyridine rings is 1. The van der Waals surface area contributed by atoms with Crippen molar-refractivity contribution in [1.82, 2.24) is 4.98 Å². The molecule has 0 aliphatic carbocycles. The summed E-state index contributed by atoms with van der Waals surface area (Å²) in [5, 5.41) is 10.2. The molecule has 0 radical (unpaired) electrons. The Labute approximate surface area is 99.7 Å². The first kappa shape index (κ1) is 11.4. The van der Waals surface area contributed by atoms with Gasteiger partial charge in [-0.3, -0.25) is 4.98 Å². The number of hydrogen-bond acceptors (Lipinski definition) is 4. The lowest BCUT2D eigenvalue weighted by atomic mass is 10.0. The van der Waals surface area contributed by atoms with Crippen LogP contribution in [0.5, 0.6) is 5.75 Å². The molecule has 0 spiro atoms. The Balaban J connectivity index is 2.40.